The van der Waals surface area contributed by atoms with E-state index in [1.54, 1.807) is 0 Å². The van der Waals surface area contributed by atoms with Gasteiger partial charge in [-0.3, -0.25) is 0 Å². The molecule has 2 fully saturated rings. The van der Waals surface area contributed by atoms with E-state index in [4.69, 9.17) is 0 Å². The van der Waals surface area contributed by atoms with Crippen molar-refractivity contribution < 1.29 is 0 Å². The molecular weight excluding hydrogens is 146 g/mol. The van der Waals surface area contributed by atoms with Crippen molar-refractivity contribution in [1.82, 2.24) is 5.32 Å². The molecule has 70 valence electrons. The molecular formula is C11H21N. The summed E-state index contributed by atoms with van der Waals surface area (Å²) in [6.45, 7) is 9.74. The zero-order valence-electron chi connectivity index (χ0n) is 8.56. The lowest BCUT2D eigenvalue weighted by Gasteiger charge is -2.56. The normalized spacial score (nSPS) is 30.0. The first-order valence-corrected chi connectivity index (χ1v) is 5.34. The molecule has 1 heterocycles. The average Bonchev–Trinajstić information content (AvgIpc) is 1.80. The minimum atomic E-state index is 0.772. The first-order valence-electron chi connectivity index (χ1n) is 5.34. The van der Waals surface area contributed by atoms with Crippen LogP contribution in [-0.2, 0) is 0 Å². The van der Waals surface area contributed by atoms with Gasteiger partial charge in [0.1, 0.15) is 0 Å². The smallest absolute Gasteiger partial charge is 0.00204 e. The Morgan fingerprint density at radius 2 is 1.75 bits per heavy atom. The summed E-state index contributed by atoms with van der Waals surface area (Å²) in [6.07, 6.45) is 3.00. The molecule has 1 nitrogen and oxygen atoms in total. The van der Waals surface area contributed by atoms with Gasteiger partial charge < -0.3 is 5.32 Å². The fraction of sp³-hybridized carbons (Fsp3) is 1.00. The van der Waals surface area contributed by atoms with Gasteiger partial charge in [-0.2, -0.15) is 0 Å². The molecule has 2 rings (SSSR count). The van der Waals surface area contributed by atoms with Gasteiger partial charge in [0.25, 0.3) is 0 Å². The van der Waals surface area contributed by atoms with Crippen molar-refractivity contribution in [2.45, 2.75) is 33.6 Å². The highest BCUT2D eigenvalue weighted by atomic mass is 15.0. The maximum atomic E-state index is 3.39. The van der Waals surface area contributed by atoms with Crippen LogP contribution < -0.4 is 5.32 Å². The second kappa shape index (κ2) is 2.73. The quantitative estimate of drug-likeness (QED) is 0.665. The molecule has 1 atom stereocenters. The van der Waals surface area contributed by atoms with Gasteiger partial charge in [0.15, 0.2) is 0 Å². The maximum absolute atomic E-state index is 3.39. The lowest BCUT2D eigenvalue weighted by molar-refractivity contribution is -0.0338. The Balaban J connectivity index is 1.80. The van der Waals surface area contributed by atoms with Gasteiger partial charge in [-0.05, 0) is 36.0 Å². The molecule has 1 aliphatic heterocycles. The summed E-state index contributed by atoms with van der Waals surface area (Å²) >= 11 is 0. The molecule has 0 amide bonds. The van der Waals surface area contributed by atoms with Crippen molar-refractivity contribution in [3.8, 4) is 0 Å². The largest absolute Gasteiger partial charge is 0.316 e. The van der Waals surface area contributed by atoms with Crippen LogP contribution in [-0.4, -0.2) is 13.1 Å². The van der Waals surface area contributed by atoms with Crippen LogP contribution in [0.5, 0.6) is 0 Å². The van der Waals surface area contributed by atoms with Gasteiger partial charge in [-0.1, -0.05) is 20.8 Å². The van der Waals surface area contributed by atoms with E-state index in [9.17, 15) is 0 Å². The molecule has 2 aliphatic rings. The number of hydrogen-bond donors (Lipinski definition) is 1. The second-order valence-corrected chi connectivity index (χ2v) is 5.38. The molecule has 0 aromatic carbocycles. The van der Waals surface area contributed by atoms with Crippen molar-refractivity contribution >= 4 is 0 Å². The van der Waals surface area contributed by atoms with Crippen LogP contribution >= 0.6 is 0 Å². The van der Waals surface area contributed by atoms with Crippen molar-refractivity contribution in [3.05, 3.63) is 0 Å². The molecule has 1 saturated carbocycles. The molecule has 0 bridgehead atoms. The molecule has 12 heavy (non-hydrogen) atoms. The summed E-state index contributed by atoms with van der Waals surface area (Å²) in [6, 6.07) is 0. The predicted octanol–water partition coefficient (Wildman–Crippen LogP) is 2.28. The van der Waals surface area contributed by atoms with E-state index < -0.39 is 0 Å². The fourth-order valence-corrected chi connectivity index (χ4v) is 2.74. The highest BCUT2D eigenvalue weighted by Gasteiger charge is 2.49. The van der Waals surface area contributed by atoms with Crippen molar-refractivity contribution in [3.63, 3.8) is 0 Å². The Bertz CT molecular complexity index is 162. The zero-order valence-corrected chi connectivity index (χ0v) is 8.56. The standard InChI is InChI=1S/C11H21N/c1-8(2)9(3)10-4-11(5-10)6-12-7-11/h8-10,12H,4-7H2,1-3H3. The fourth-order valence-electron chi connectivity index (χ4n) is 2.74. The van der Waals surface area contributed by atoms with Crippen molar-refractivity contribution in [1.29, 1.82) is 0 Å². The summed E-state index contributed by atoms with van der Waals surface area (Å²) in [7, 11) is 0. The lowest BCUT2D eigenvalue weighted by atomic mass is 9.54. The monoisotopic (exact) mass is 167 g/mol. The molecule has 1 saturated heterocycles. The van der Waals surface area contributed by atoms with E-state index in [1.807, 2.05) is 0 Å². The van der Waals surface area contributed by atoms with Crippen LogP contribution in [0.25, 0.3) is 0 Å². The first-order chi connectivity index (χ1) is 5.63. The van der Waals surface area contributed by atoms with E-state index in [2.05, 4.69) is 26.1 Å². The van der Waals surface area contributed by atoms with Crippen LogP contribution in [0.4, 0.5) is 0 Å². The SMILES string of the molecule is CC(C)C(C)C1CC2(CNC2)C1. The Morgan fingerprint density at radius 1 is 1.17 bits per heavy atom. The van der Waals surface area contributed by atoms with Gasteiger partial charge in [-0.25, -0.2) is 0 Å². The Morgan fingerprint density at radius 3 is 2.08 bits per heavy atom. The topological polar surface area (TPSA) is 12.0 Å². The number of hydrogen-bond acceptors (Lipinski definition) is 1. The van der Waals surface area contributed by atoms with Crippen molar-refractivity contribution in [2.24, 2.45) is 23.2 Å². The third-order valence-electron chi connectivity index (χ3n) is 4.19. The third kappa shape index (κ3) is 1.19. The summed E-state index contributed by atoms with van der Waals surface area (Å²) in [4.78, 5) is 0. The van der Waals surface area contributed by atoms with E-state index in [0.717, 1.165) is 23.2 Å². The summed E-state index contributed by atoms with van der Waals surface area (Å²) in [5, 5.41) is 3.39. The first kappa shape index (κ1) is 8.55. The van der Waals surface area contributed by atoms with Crippen LogP contribution in [0.15, 0.2) is 0 Å². The second-order valence-electron chi connectivity index (χ2n) is 5.38. The maximum Gasteiger partial charge on any atom is 0.00204 e. The van der Waals surface area contributed by atoms with Gasteiger partial charge in [0, 0.05) is 13.1 Å². The van der Waals surface area contributed by atoms with Gasteiger partial charge in [0.05, 0.1) is 0 Å². The third-order valence-corrected chi connectivity index (χ3v) is 4.19. The number of nitrogens with one attached hydrogen (secondary N) is 1. The van der Waals surface area contributed by atoms with Gasteiger partial charge in [0.2, 0.25) is 0 Å². The minimum absolute atomic E-state index is 0.772. The van der Waals surface area contributed by atoms with Crippen molar-refractivity contribution in [2.75, 3.05) is 13.1 Å². The van der Waals surface area contributed by atoms with Crippen LogP contribution in [0.2, 0.25) is 0 Å². The Hall–Kier alpha value is -0.0400. The summed E-state index contributed by atoms with van der Waals surface area (Å²) < 4.78 is 0. The highest BCUT2D eigenvalue weighted by molar-refractivity contribution is 5.03. The highest BCUT2D eigenvalue weighted by Crippen LogP contribution is 2.52. The Kier molecular flexibility index (Phi) is 1.95. The number of rotatable bonds is 2. The van der Waals surface area contributed by atoms with Crippen LogP contribution in [0.1, 0.15) is 33.6 Å². The minimum Gasteiger partial charge on any atom is -0.316 e. The lowest BCUT2D eigenvalue weighted by Crippen LogP contribution is -2.61. The van der Waals surface area contributed by atoms with E-state index in [1.165, 1.54) is 25.9 Å². The van der Waals surface area contributed by atoms with Gasteiger partial charge >= 0.3 is 0 Å². The van der Waals surface area contributed by atoms with Gasteiger partial charge in [-0.15, -0.1) is 0 Å². The van der Waals surface area contributed by atoms with Crippen LogP contribution in [0, 0.1) is 23.2 Å². The molecule has 1 heteroatoms. The summed E-state index contributed by atoms with van der Waals surface area (Å²) in [5.74, 6) is 2.85. The predicted molar refractivity (Wildman–Crippen MR) is 52.0 cm³/mol. The molecule has 0 aromatic heterocycles. The molecule has 1 unspecified atom stereocenters. The molecule has 1 N–H and O–H groups in total. The molecule has 1 spiro atoms. The van der Waals surface area contributed by atoms with Crippen LogP contribution in [0.3, 0.4) is 0 Å². The average molecular weight is 167 g/mol. The molecule has 0 aromatic rings. The van der Waals surface area contributed by atoms with E-state index in [0.29, 0.717) is 0 Å². The zero-order chi connectivity index (χ0) is 8.77. The molecule has 0 radical (unpaired) electrons. The Labute approximate surface area is 75.9 Å². The molecule has 1 aliphatic carbocycles. The van der Waals surface area contributed by atoms with E-state index in [-0.39, 0.29) is 0 Å². The summed E-state index contributed by atoms with van der Waals surface area (Å²) in [5.41, 5.74) is 0.772. The van der Waals surface area contributed by atoms with E-state index >= 15 is 0 Å².